The van der Waals surface area contributed by atoms with E-state index in [9.17, 15) is 4.79 Å². The van der Waals surface area contributed by atoms with Gasteiger partial charge in [-0.25, -0.2) is 4.79 Å². The number of hydrogen-bond acceptors (Lipinski definition) is 4. The number of rotatable bonds is 5. The van der Waals surface area contributed by atoms with Crippen LogP contribution in [0.1, 0.15) is 37.0 Å². The van der Waals surface area contributed by atoms with Gasteiger partial charge >= 0.3 is 5.97 Å². The van der Waals surface area contributed by atoms with Gasteiger partial charge in [0.1, 0.15) is 11.9 Å². The summed E-state index contributed by atoms with van der Waals surface area (Å²) >= 11 is 0. The van der Waals surface area contributed by atoms with Crippen molar-refractivity contribution >= 4 is 11.7 Å². The Balaban J connectivity index is 2.87. The zero-order valence-corrected chi connectivity index (χ0v) is 10.5. The van der Waals surface area contributed by atoms with Crippen molar-refractivity contribution in [3.63, 3.8) is 0 Å². The maximum absolute atomic E-state index is 11.9. The number of ether oxygens (including phenoxy) is 2. The summed E-state index contributed by atoms with van der Waals surface area (Å²) in [5.41, 5.74) is 6.51. The van der Waals surface area contributed by atoms with Gasteiger partial charge in [-0.2, -0.15) is 0 Å². The molecule has 2 N–H and O–H groups in total. The van der Waals surface area contributed by atoms with E-state index >= 15 is 0 Å². The normalized spacial score (nSPS) is 10.4. The van der Waals surface area contributed by atoms with Crippen molar-refractivity contribution in [2.75, 3.05) is 12.8 Å². The quantitative estimate of drug-likeness (QED) is 0.631. The van der Waals surface area contributed by atoms with Gasteiger partial charge in [0.25, 0.3) is 0 Å². The third-order valence-corrected chi connectivity index (χ3v) is 2.66. The smallest absolute Gasteiger partial charge is 0.340 e. The number of hydrogen-bond donors (Lipinski definition) is 1. The second-order valence-electron chi connectivity index (χ2n) is 3.80. The van der Waals surface area contributed by atoms with Crippen LogP contribution in [0.25, 0.3) is 0 Å². The summed E-state index contributed by atoms with van der Waals surface area (Å²) < 4.78 is 10.4. The molecular weight excluding hydrogens is 218 g/mol. The molecule has 0 aliphatic carbocycles. The third-order valence-electron chi connectivity index (χ3n) is 2.66. The molecule has 0 amide bonds. The number of nitrogens with two attached hydrogens (primary N) is 1. The summed E-state index contributed by atoms with van der Waals surface area (Å²) in [6, 6.07) is 4.95. The van der Waals surface area contributed by atoms with Crippen molar-refractivity contribution in [3.05, 3.63) is 23.8 Å². The average molecular weight is 237 g/mol. The number of carbonyl (C=O) groups is 1. The highest BCUT2D eigenvalue weighted by Gasteiger charge is 2.16. The predicted molar refractivity (Wildman–Crippen MR) is 67.2 cm³/mol. The predicted octanol–water partition coefficient (Wildman–Crippen LogP) is 2.62. The molecule has 1 rings (SSSR count). The van der Waals surface area contributed by atoms with Crippen LogP contribution in [0.3, 0.4) is 0 Å². The fraction of sp³-hybridized carbons (Fsp3) is 0.462. The van der Waals surface area contributed by atoms with Crippen molar-refractivity contribution in [2.24, 2.45) is 0 Å². The van der Waals surface area contributed by atoms with Crippen LogP contribution in [0.5, 0.6) is 5.75 Å². The molecule has 0 aliphatic rings. The molecule has 94 valence electrons. The van der Waals surface area contributed by atoms with E-state index in [0.717, 1.165) is 12.8 Å². The Morgan fingerprint density at radius 3 is 2.53 bits per heavy atom. The molecule has 1 aromatic rings. The minimum Gasteiger partial charge on any atom is -0.497 e. The molecule has 0 saturated heterocycles. The lowest BCUT2D eigenvalue weighted by Crippen LogP contribution is -2.17. The Bertz CT molecular complexity index is 386. The highest BCUT2D eigenvalue weighted by molar-refractivity contribution is 5.95. The Hall–Kier alpha value is -1.71. The first kappa shape index (κ1) is 13.4. The molecule has 0 atom stereocenters. The van der Waals surface area contributed by atoms with Crippen LogP contribution in [-0.4, -0.2) is 19.2 Å². The van der Waals surface area contributed by atoms with Gasteiger partial charge in [-0.3, -0.25) is 0 Å². The number of anilines is 1. The fourth-order valence-corrected chi connectivity index (χ4v) is 1.51. The molecule has 0 heterocycles. The molecule has 0 unspecified atom stereocenters. The van der Waals surface area contributed by atoms with Crippen molar-refractivity contribution in [1.82, 2.24) is 0 Å². The van der Waals surface area contributed by atoms with Crippen LogP contribution in [0.15, 0.2) is 18.2 Å². The van der Waals surface area contributed by atoms with Gasteiger partial charge in [-0.05, 0) is 31.0 Å². The molecule has 4 heteroatoms. The van der Waals surface area contributed by atoms with Gasteiger partial charge < -0.3 is 15.2 Å². The van der Waals surface area contributed by atoms with Gasteiger partial charge in [0.2, 0.25) is 0 Å². The first-order valence-electron chi connectivity index (χ1n) is 5.76. The third kappa shape index (κ3) is 3.37. The first-order chi connectivity index (χ1) is 8.12. The minimum absolute atomic E-state index is 0.0619. The second kappa shape index (κ2) is 6.13. The molecule has 0 aromatic heterocycles. The summed E-state index contributed by atoms with van der Waals surface area (Å²) in [7, 11) is 1.54. The van der Waals surface area contributed by atoms with Crippen LogP contribution >= 0.6 is 0 Å². The standard InChI is InChI=1S/C13H19NO3/c1-4-9(5-2)17-13(15)11-8-10(16-3)6-7-12(11)14/h6-9H,4-5,14H2,1-3H3. The van der Waals surface area contributed by atoms with Gasteiger partial charge in [-0.15, -0.1) is 0 Å². The molecule has 0 saturated carbocycles. The number of benzene rings is 1. The maximum atomic E-state index is 11.9. The largest absolute Gasteiger partial charge is 0.497 e. The van der Waals surface area contributed by atoms with Crippen molar-refractivity contribution in [1.29, 1.82) is 0 Å². The van der Waals surface area contributed by atoms with Crippen LogP contribution in [0, 0.1) is 0 Å². The lowest BCUT2D eigenvalue weighted by atomic mass is 10.1. The zero-order valence-electron chi connectivity index (χ0n) is 10.5. The summed E-state index contributed by atoms with van der Waals surface area (Å²) in [4.78, 5) is 11.9. The van der Waals surface area contributed by atoms with Gasteiger partial charge in [0.05, 0.1) is 12.7 Å². The van der Waals surface area contributed by atoms with Crippen LogP contribution < -0.4 is 10.5 Å². The number of nitrogen functional groups attached to an aromatic ring is 1. The minimum atomic E-state index is -0.393. The molecule has 0 aliphatic heterocycles. The van der Waals surface area contributed by atoms with E-state index < -0.39 is 5.97 Å². The van der Waals surface area contributed by atoms with Crippen molar-refractivity contribution < 1.29 is 14.3 Å². The summed E-state index contributed by atoms with van der Waals surface area (Å²) in [6.07, 6.45) is 1.53. The maximum Gasteiger partial charge on any atom is 0.340 e. The van der Waals surface area contributed by atoms with Gasteiger partial charge in [0.15, 0.2) is 0 Å². The Kier molecular flexibility index (Phi) is 4.82. The van der Waals surface area contributed by atoms with Gasteiger partial charge in [-0.1, -0.05) is 13.8 Å². The van der Waals surface area contributed by atoms with E-state index in [2.05, 4.69) is 0 Å². The summed E-state index contributed by atoms with van der Waals surface area (Å²) in [5, 5.41) is 0. The molecule has 0 radical (unpaired) electrons. The van der Waals surface area contributed by atoms with E-state index in [-0.39, 0.29) is 6.10 Å². The van der Waals surface area contributed by atoms with E-state index in [4.69, 9.17) is 15.2 Å². The molecule has 0 spiro atoms. The van der Waals surface area contributed by atoms with Crippen LogP contribution in [0.4, 0.5) is 5.69 Å². The van der Waals surface area contributed by atoms with Crippen molar-refractivity contribution in [2.45, 2.75) is 32.8 Å². The zero-order chi connectivity index (χ0) is 12.8. The first-order valence-corrected chi connectivity index (χ1v) is 5.76. The van der Waals surface area contributed by atoms with Crippen LogP contribution in [-0.2, 0) is 4.74 Å². The SMILES string of the molecule is CCC(CC)OC(=O)c1cc(OC)ccc1N. The summed E-state index contributed by atoms with van der Waals surface area (Å²) in [5.74, 6) is 0.200. The Labute approximate surface area is 102 Å². The monoisotopic (exact) mass is 237 g/mol. The Morgan fingerprint density at radius 1 is 1.35 bits per heavy atom. The van der Waals surface area contributed by atoms with E-state index in [0.29, 0.717) is 17.0 Å². The number of carbonyl (C=O) groups excluding carboxylic acids is 1. The molecule has 17 heavy (non-hydrogen) atoms. The molecule has 4 nitrogen and oxygen atoms in total. The molecule has 0 bridgehead atoms. The average Bonchev–Trinajstić information content (AvgIpc) is 2.36. The second-order valence-corrected chi connectivity index (χ2v) is 3.80. The number of esters is 1. The molecule has 1 aromatic carbocycles. The summed E-state index contributed by atoms with van der Waals surface area (Å²) in [6.45, 7) is 3.97. The highest BCUT2D eigenvalue weighted by Crippen LogP contribution is 2.21. The van der Waals surface area contributed by atoms with E-state index in [1.807, 2.05) is 13.8 Å². The van der Waals surface area contributed by atoms with Crippen molar-refractivity contribution in [3.8, 4) is 5.75 Å². The van der Waals surface area contributed by atoms with E-state index in [1.54, 1.807) is 25.3 Å². The lowest BCUT2D eigenvalue weighted by Gasteiger charge is -2.15. The van der Waals surface area contributed by atoms with Gasteiger partial charge in [0, 0.05) is 5.69 Å². The fourth-order valence-electron chi connectivity index (χ4n) is 1.51. The highest BCUT2D eigenvalue weighted by atomic mass is 16.5. The van der Waals surface area contributed by atoms with Crippen LogP contribution in [0.2, 0.25) is 0 Å². The molecule has 0 fully saturated rings. The lowest BCUT2D eigenvalue weighted by molar-refractivity contribution is 0.0285. The topological polar surface area (TPSA) is 61.5 Å². The Morgan fingerprint density at radius 2 is 2.00 bits per heavy atom. The van der Waals surface area contributed by atoms with E-state index in [1.165, 1.54) is 0 Å². The molecular formula is C13H19NO3. The number of methoxy groups -OCH3 is 1.